The van der Waals surface area contributed by atoms with Crippen LogP contribution in [0.2, 0.25) is 0 Å². The smallest absolute Gasteiger partial charge is 0.315 e. The largest absolute Gasteiger partial charge is 0.491 e. The highest BCUT2D eigenvalue weighted by Crippen LogP contribution is 2.23. The summed E-state index contributed by atoms with van der Waals surface area (Å²) in [5, 5.41) is 6.00. The molecule has 0 spiro atoms. The number of nitrogens with zero attached hydrogens (tertiary/aromatic N) is 2. The number of amides is 2. The lowest BCUT2D eigenvalue weighted by Crippen LogP contribution is -2.48. The lowest BCUT2D eigenvalue weighted by molar-refractivity contribution is 0.131. The molecule has 0 saturated carbocycles. The van der Waals surface area contributed by atoms with Crippen LogP contribution in [0.25, 0.3) is 0 Å². The monoisotopic (exact) mass is 360 g/mol. The van der Waals surface area contributed by atoms with E-state index in [0.29, 0.717) is 13.2 Å². The van der Waals surface area contributed by atoms with E-state index in [-0.39, 0.29) is 12.1 Å². The Labute approximate surface area is 156 Å². The van der Waals surface area contributed by atoms with Crippen molar-refractivity contribution in [3.05, 3.63) is 29.8 Å². The van der Waals surface area contributed by atoms with Crippen LogP contribution in [0.5, 0.6) is 5.75 Å². The van der Waals surface area contributed by atoms with Gasteiger partial charge in [-0.25, -0.2) is 4.79 Å². The van der Waals surface area contributed by atoms with Gasteiger partial charge in [0.1, 0.15) is 12.4 Å². The Morgan fingerprint density at radius 2 is 1.88 bits per heavy atom. The summed E-state index contributed by atoms with van der Waals surface area (Å²) in [6.07, 6.45) is 3.05. The van der Waals surface area contributed by atoms with Crippen molar-refractivity contribution in [1.82, 2.24) is 20.4 Å². The van der Waals surface area contributed by atoms with E-state index in [9.17, 15) is 4.79 Å². The van der Waals surface area contributed by atoms with Gasteiger partial charge in [-0.05, 0) is 44.0 Å². The fourth-order valence-electron chi connectivity index (χ4n) is 3.71. The number of rotatable bonds is 7. The van der Waals surface area contributed by atoms with E-state index in [4.69, 9.17) is 4.74 Å². The van der Waals surface area contributed by atoms with Crippen molar-refractivity contribution in [2.75, 3.05) is 52.4 Å². The van der Waals surface area contributed by atoms with Gasteiger partial charge in [0.15, 0.2) is 0 Å². The highest BCUT2D eigenvalue weighted by Gasteiger charge is 2.21. The van der Waals surface area contributed by atoms with E-state index < -0.39 is 0 Å². The van der Waals surface area contributed by atoms with Crippen molar-refractivity contribution < 1.29 is 9.53 Å². The molecule has 1 fully saturated rings. The number of nitrogens with one attached hydrogen (secondary N) is 2. The Morgan fingerprint density at radius 1 is 1.15 bits per heavy atom. The zero-order chi connectivity index (χ0) is 18.2. The van der Waals surface area contributed by atoms with E-state index in [1.807, 2.05) is 18.2 Å². The fourth-order valence-corrected chi connectivity index (χ4v) is 3.71. The first-order valence-corrected chi connectivity index (χ1v) is 9.94. The van der Waals surface area contributed by atoms with E-state index in [2.05, 4.69) is 33.4 Å². The van der Waals surface area contributed by atoms with Crippen LogP contribution in [0.15, 0.2) is 24.3 Å². The molecular weight excluding hydrogens is 328 g/mol. The third-order valence-electron chi connectivity index (χ3n) is 5.16. The number of hydrogen-bond acceptors (Lipinski definition) is 4. The van der Waals surface area contributed by atoms with Crippen molar-refractivity contribution in [2.45, 2.75) is 32.2 Å². The first kappa shape index (κ1) is 19.0. The molecule has 0 radical (unpaired) electrons. The zero-order valence-electron chi connectivity index (χ0n) is 15.9. The molecule has 26 heavy (non-hydrogen) atoms. The normalized spacial score (nSPS) is 20.9. The number of para-hydroxylation sites is 1. The van der Waals surface area contributed by atoms with Gasteiger partial charge in [0.2, 0.25) is 0 Å². The molecule has 6 heteroatoms. The number of carbonyl (C=O) groups excluding carboxylic acids is 1. The molecule has 0 aromatic heterocycles. The lowest BCUT2D eigenvalue weighted by atomic mass is 10.0. The van der Waals surface area contributed by atoms with Crippen molar-refractivity contribution in [3.8, 4) is 5.75 Å². The van der Waals surface area contributed by atoms with Gasteiger partial charge in [0.05, 0.1) is 6.04 Å². The molecule has 2 aliphatic heterocycles. The molecule has 1 unspecified atom stereocenters. The van der Waals surface area contributed by atoms with Crippen molar-refractivity contribution >= 4 is 6.03 Å². The van der Waals surface area contributed by atoms with E-state index in [1.54, 1.807) is 0 Å². The molecule has 0 aliphatic carbocycles. The van der Waals surface area contributed by atoms with Gasteiger partial charge in [0.25, 0.3) is 0 Å². The molecule has 1 atom stereocenters. The number of fused-ring (bicyclic) bond motifs is 1. The third-order valence-corrected chi connectivity index (χ3v) is 5.16. The fraction of sp³-hybridized carbons (Fsp3) is 0.650. The SMILES string of the molecule is CCCN1CCN(CCCNC(=O)NC2COc3ccccc3C2)CC1. The second kappa shape index (κ2) is 9.78. The highest BCUT2D eigenvalue weighted by atomic mass is 16.5. The van der Waals surface area contributed by atoms with Crippen LogP contribution in [0.3, 0.4) is 0 Å². The molecule has 6 nitrogen and oxygen atoms in total. The highest BCUT2D eigenvalue weighted by molar-refractivity contribution is 5.74. The van der Waals surface area contributed by atoms with Crippen molar-refractivity contribution in [3.63, 3.8) is 0 Å². The van der Waals surface area contributed by atoms with Crippen molar-refractivity contribution in [1.29, 1.82) is 0 Å². The van der Waals surface area contributed by atoms with E-state index >= 15 is 0 Å². The minimum atomic E-state index is -0.0919. The van der Waals surface area contributed by atoms with Crippen LogP contribution < -0.4 is 15.4 Å². The van der Waals surface area contributed by atoms with Gasteiger partial charge < -0.3 is 25.2 Å². The minimum Gasteiger partial charge on any atom is -0.491 e. The number of carbonyl (C=O) groups is 1. The third kappa shape index (κ3) is 5.61. The van der Waals surface area contributed by atoms with Crippen LogP contribution in [-0.4, -0.2) is 74.3 Å². The predicted molar refractivity (Wildman–Crippen MR) is 104 cm³/mol. The molecule has 0 bridgehead atoms. The second-order valence-electron chi connectivity index (χ2n) is 7.26. The first-order chi connectivity index (χ1) is 12.7. The maximum absolute atomic E-state index is 12.1. The van der Waals surface area contributed by atoms with Crippen LogP contribution >= 0.6 is 0 Å². The Bertz CT molecular complexity index is 573. The van der Waals surface area contributed by atoms with Crippen LogP contribution in [0.4, 0.5) is 4.79 Å². The average Bonchev–Trinajstić information content (AvgIpc) is 2.67. The molecule has 1 aromatic rings. The zero-order valence-corrected chi connectivity index (χ0v) is 15.9. The molecule has 1 aromatic carbocycles. The van der Waals surface area contributed by atoms with Gasteiger partial charge in [-0.1, -0.05) is 25.1 Å². The second-order valence-corrected chi connectivity index (χ2v) is 7.26. The quantitative estimate of drug-likeness (QED) is 0.727. The lowest BCUT2D eigenvalue weighted by Gasteiger charge is -2.34. The number of benzene rings is 1. The van der Waals surface area contributed by atoms with Crippen molar-refractivity contribution in [2.24, 2.45) is 0 Å². The average molecular weight is 361 g/mol. The van der Waals surface area contributed by atoms with Crippen LogP contribution in [0.1, 0.15) is 25.3 Å². The molecule has 1 saturated heterocycles. The van der Waals surface area contributed by atoms with E-state index in [1.165, 1.54) is 26.1 Å². The summed E-state index contributed by atoms with van der Waals surface area (Å²) in [6, 6.07) is 7.97. The molecule has 2 amide bonds. The number of piperazine rings is 1. The Morgan fingerprint density at radius 3 is 2.65 bits per heavy atom. The molecule has 3 rings (SSSR count). The summed E-state index contributed by atoms with van der Waals surface area (Å²) in [7, 11) is 0. The molecular formula is C20H32N4O2. The van der Waals surface area contributed by atoms with Crippen LogP contribution in [-0.2, 0) is 6.42 Å². The topological polar surface area (TPSA) is 56.8 Å². The molecule has 2 aliphatic rings. The molecule has 2 N–H and O–H groups in total. The summed E-state index contributed by atoms with van der Waals surface area (Å²) in [4.78, 5) is 17.1. The summed E-state index contributed by atoms with van der Waals surface area (Å²) in [6.45, 7) is 10.4. The van der Waals surface area contributed by atoms with Gasteiger partial charge in [-0.15, -0.1) is 0 Å². The van der Waals surface area contributed by atoms with Crippen LogP contribution in [0, 0.1) is 0 Å². The summed E-state index contributed by atoms with van der Waals surface area (Å²) >= 11 is 0. The van der Waals surface area contributed by atoms with Gasteiger partial charge >= 0.3 is 6.03 Å². The Hall–Kier alpha value is -1.79. The summed E-state index contributed by atoms with van der Waals surface area (Å²) in [5.74, 6) is 0.935. The Kier molecular flexibility index (Phi) is 7.14. The summed E-state index contributed by atoms with van der Waals surface area (Å²) in [5.41, 5.74) is 1.16. The van der Waals surface area contributed by atoms with E-state index in [0.717, 1.165) is 43.8 Å². The number of ether oxygens (including phenoxy) is 1. The van der Waals surface area contributed by atoms with Gasteiger partial charge in [-0.3, -0.25) is 0 Å². The van der Waals surface area contributed by atoms with Gasteiger partial charge in [-0.2, -0.15) is 0 Å². The maximum Gasteiger partial charge on any atom is 0.315 e. The maximum atomic E-state index is 12.1. The number of urea groups is 1. The van der Waals surface area contributed by atoms with Gasteiger partial charge in [0, 0.05) is 32.7 Å². The summed E-state index contributed by atoms with van der Waals surface area (Å²) < 4.78 is 5.71. The molecule has 144 valence electrons. The Balaban J connectivity index is 1.27. The minimum absolute atomic E-state index is 0.0385. The number of hydrogen-bond donors (Lipinski definition) is 2. The first-order valence-electron chi connectivity index (χ1n) is 9.94. The molecule has 2 heterocycles. The standard InChI is InChI=1S/C20H32N4O2/c1-2-9-23-11-13-24(14-12-23)10-5-8-21-20(25)22-18-15-17-6-3-4-7-19(17)26-16-18/h3-4,6-7,18H,2,5,8-16H2,1H3,(H2,21,22,25). The predicted octanol–water partition coefficient (Wildman–Crippen LogP) is 1.71.